The molecule has 0 fully saturated rings. The molecule has 4 aromatic heterocycles. The Morgan fingerprint density at radius 1 is 0.325 bits per heavy atom. The number of aromatic nitrogens is 4. The molecule has 0 radical (unpaired) electrons. The minimum absolute atomic E-state index is 0.449. The largest absolute Gasteiger partial charge is 0.416 e. The number of hydrogen-bond acceptors (Lipinski definition) is 1. The molecule has 15 rings (SSSR count). The number of benzene rings is 11. The molecular formula is C69H42F3N5. The first-order valence-corrected chi connectivity index (χ1v) is 25.6. The van der Waals surface area contributed by atoms with Crippen molar-refractivity contribution in [3.05, 3.63) is 253 Å². The van der Waals surface area contributed by atoms with Crippen LogP contribution in [-0.4, -0.2) is 18.3 Å². The topological polar surface area (TPSA) is 43.5 Å². The molecule has 77 heavy (non-hydrogen) atoms. The Balaban J connectivity index is 1.05. The zero-order valence-electron chi connectivity index (χ0n) is 41.4. The number of nitriles is 1. The highest BCUT2D eigenvalue weighted by atomic mass is 19.4. The van der Waals surface area contributed by atoms with Crippen LogP contribution in [0.15, 0.2) is 237 Å². The maximum absolute atomic E-state index is 14.4. The number of hydrogen-bond donors (Lipinski definition) is 0. The summed E-state index contributed by atoms with van der Waals surface area (Å²) in [6.45, 7) is 1.74. The molecule has 15 aromatic rings. The summed E-state index contributed by atoms with van der Waals surface area (Å²) in [5, 5.41) is 19.6. The minimum atomic E-state index is -4.52. The normalized spacial score (nSPS) is 12.1. The van der Waals surface area contributed by atoms with E-state index in [4.69, 9.17) is 0 Å². The first-order valence-electron chi connectivity index (χ1n) is 25.6. The molecule has 0 spiro atoms. The molecule has 0 bridgehead atoms. The van der Waals surface area contributed by atoms with Gasteiger partial charge < -0.3 is 18.3 Å². The number of halogens is 3. The van der Waals surface area contributed by atoms with Crippen molar-refractivity contribution >= 4 is 87.2 Å². The van der Waals surface area contributed by atoms with Crippen LogP contribution < -0.4 is 0 Å². The van der Waals surface area contributed by atoms with Crippen molar-refractivity contribution in [1.82, 2.24) is 18.3 Å². The van der Waals surface area contributed by atoms with E-state index in [0.717, 1.165) is 127 Å². The van der Waals surface area contributed by atoms with E-state index in [1.54, 1.807) is 13.0 Å². The molecular weight excluding hydrogens is 956 g/mol. The van der Waals surface area contributed by atoms with Gasteiger partial charge in [-0.15, -0.1) is 0 Å². The second-order valence-corrected chi connectivity index (χ2v) is 20.0. The van der Waals surface area contributed by atoms with Gasteiger partial charge in [0, 0.05) is 65.7 Å². The van der Waals surface area contributed by atoms with Gasteiger partial charge in [-0.25, -0.2) is 0 Å². The third-order valence-electron chi connectivity index (χ3n) is 15.7. The Hall–Kier alpha value is -10.1. The molecule has 0 atom stereocenters. The van der Waals surface area contributed by atoms with Crippen LogP contribution in [0.1, 0.15) is 16.7 Å². The summed E-state index contributed by atoms with van der Waals surface area (Å²) in [5.74, 6) is 0. The molecule has 0 aliphatic carbocycles. The van der Waals surface area contributed by atoms with Gasteiger partial charge in [-0.1, -0.05) is 121 Å². The first-order chi connectivity index (χ1) is 37.7. The monoisotopic (exact) mass is 997 g/mol. The summed E-state index contributed by atoms with van der Waals surface area (Å²) in [6, 6.07) is 82.4. The highest BCUT2D eigenvalue weighted by molar-refractivity contribution is 6.21. The average molecular weight is 998 g/mol. The van der Waals surface area contributed by atoms with Crippen molar-refractivity contribution in [1.29, 1.82) is 5.26 Å². The quantitative estimate of drug-likeness (QED) is 0.164. The van der Waals surface area contributed by atoms with Gasteiger partial charge in [0.1, 0.15) is 0 Å². The lowest BCUT2D eigenvalue weighted by Gasteiger charge is -2.21. The molecule has 0 amide bonds. The van der Waals surface area contributed by atoms with Crippen molar-refractivity contribution in [2.24, 2.45) is 0 Å². The Bertz CT molecular complexity index is 4990. The molecule has 0 saturated carbocycles. The molecule has 364 valence electrons. The highest BCUT2D eigenvalue weighted by Crippen LogP contribution is 2.46. The summed E-state index contributed by atoms with van der Waals surface area (Å²) < 4.78 is 52.4. The second kappa shape index (κ2) is 16.7. The first kappa shape index (κ1) is 44.4. The number of fused-ring (bicyclic) bond motifs is 12. The molecule has 4 heterocycles. The summed E-state index contributed by atoms with van der Waals surface area (Å²) in [5.41, 5.74) is 15.1. The predicted octanol–water partition coefficient (Wildman–Crippen LogP) is 18.6. The Morgan fingerprint density at radius 3 is 1.22 bits per heavy atom. The number of alkyl halides is 3. The zero-order valence-corrected chi connectivity index (χ0v) is 41.4. The standard InChI is InChI=1S/C69H42F3N5/c1-42-34-44(69(70,71)72)29-31-48(42)49-32-30-47(76-62-26-14-10-22-52(62)58-37-56-50-20-8-12-24-60(50)74(65(56)39-67(58)76)45-16-4-2-5-17-45)36-54(49)55-35-43(41-73)28-33-64(55)77-63-27-15-11-23-53(63)59-38-57-51-21-9-13-25-61(51)75(66(57)40-68(59)77)46-18-6-3-7-19-46/h2-40H,1H3. The van der Waals surface area contributed by atoms with Crippen LogP contribution in [0.5, 0.6) is 0 Å². The summed E-state index contributed by atoms with van der Waals surface area (Å²) in [6.07, 6.45) is -4.52. The van der Waals surface area contributed by atoms with Crippen molar-refractivity contribution in [2.45, 2.75) is 13.1 Å². The summed E-state index contributed by atoms with van der Waals surface area (Å²) >= 11 is 0. The lowest BCUT2D eigenvalue weighted by Crippen LogP contribution is -2.05. The van der Waals surface area contributed by atoms with Gasteiger partial charge in [0.25, 0.3) is 0 Å². The molecule has 0 unspecified atom stereocenters. The van der Waals surface area contributed by atoms with E-state index in [9.17, 15) is 18.4 Å². The predicted molar refractivity (Wildman–Crippen MR) is 309 cm³/mol. The fourth-order valence-corrected chi connectivity index (χ4v) is 12.4. The van der Waals surface area contributed by atoms with Crippen LogP contribution in [0.3, 0.4) is 0 Å². The lowest BCUT2D eigenvalue weighted by molar-refractivity contribution is -0.137. The van der Waals surface area contributed by atoms with Crippen LogP contribution in [-0.2, 0) is 6.18 Å². The van der Waals surface area contributed by atoms with Crippen LogP contribution >= 0.6 is 0 Å². The Labute approximate surface area is 439 Å². The molecule has 8 heteroatoms. The van der Waals surface area contributed by atoms with Crippen LogP contribution in [0.2, 0.25) is 0 Å². The lowest BCUT2D eigenvalue weighted by atomic mass is 9.89. The molecule has 11 aromatic carbocycles. The van der Waals surface area contributed by atoms with Gasteiger partial charge in [-0.05, 0) is 144 Å². The second-order valence-electron chi connectivity index (χ2n) is 20.0. The van der Waals surface area contributed by atoms with Crippen LogP contribution in [0.4, 0.5) is 13.2 Å². The van der Waals surface area contributed by atoms with E-state index in [1.807, 2.05) is 42.5 Å². The fourth-order valence-electron chi connectivity index (χ4n) is 12.4. The van der Waals surface area contributed by atoms with Gasteiger partial charge in [0.2, 0.25) is 0 Å². The van der Waals surface area contributed by atoms with E-state index in [2.05, 4.69) is 200 Å². The van der Waals surface area contributed by atoms with Crippen LogP contribution in [0.25, 0.3) is 132 Å². The number of rotatable bonds is 6. The molecule has 0 saturated heterocycles. The van der Waals surface area contributed by atoms with Crippen molar-refractivity contribution < 1.29 is 13.2 Å². The molecule has 0 aliphatic heterocycles. The van der Waals surface area contributed by atoms with E-state index in [0.29, 0.717) is 16.7 Å². The van der Waals surface area contributed by atoms with E-state index in [1.165, 1.54) is 12.1 Å². The van der Waals surface area contributed by atoms with E-state index < -0.39 is 11.7 Å². The maximum atomic E-state index is 14.4. The highest BCUT2D eigenvalue weighted by Gasteiger charge is 2.31. The van der Waals surface area contributed by atoms with Gasteiger partial charge in [-0.3, -0.25) is 0 Å². The van der Waals surface area contributed by atoms with Gasteiger partial charge in [0.05, 0.1) is 67.0 Å². The zero-order chi connectivity index (χ0) is 51.7. The summed E-state index contributed by atoms with van der Waals surface area (Å²) in [4.78, 5) is 0. The average Bonchev–Trinajstić information content (AvgIpc) is 4.34. The Morgan fingerprint density at radius 2 is 0.753 bits per heavy atom. The van der Waals surface area contributed by atoms with Crippen molar-refractivity contribution in [3.63, 3.8) is 0 Å². The maximum Gasteiger partial charge on any atom is 0.416 e. The third kappa shape index (κ3) is 6.67. The van der Waals surface area contributed by atoms with Crippen molar-refractivity contribution in [3.8, 4) is 51.1 Å². The fraction of sp³-hybridized carbons (Fsp3) is 0.0290. The molecule has 0 aliphatic rings. The van der Waals surface area contributed by atoms with E-state index >= 15 is 0 Å². The molecule has 0 N–H and O–H groups in total. The van der Waals surface area contributed by atoms with Gasteiger partial charge >= 0.3 is 6.18 Å². The molecule has 5 nitrogen and oxygen atoms in total. The number of aryl methyl sites for hydroxylation is 1. The smallest absolute Gasteiger partial charge is 0.309 e. The minimum Gasteiger partial charge on any atom is -0.309 e. The summed E-state index contributed by atoms with van der Waals surface area (Å²) in [7, 11) is 0. The number of nitrogens with zero attached hydrogens (tertiary/aromatic N) is 5. The Kier molecular flexibility index (Phi) is 9.63. The van der Waals surface area contributed by atoms with Gasteiger partial charge in [0.15, 0.2) is 0 Å². The van der Waals surface area contributed by atoms with E-state index in [-0.39, 0.29) is 0 Å². The third-order valence-corrected chi connectivity index (χ3v) is 15.7. The van der Waals surface area contributed by atoms with Crippen LogP contribution in [0, 0.1) is 18.3 Å². The van der Waals surface area contributed by atoms with Gasteiger partial charge in [-0.2, -0.15) is 18.4 Å². The van der Waals surface area contributed by atoms with Crippen molar-refractivity contribution in [2.75, 3.05) is 0 Å². The SMILES string of the molecule is Cc1cc(C(F)(F)F)ccc1-c1ccc(-n2c3ccccc3c3cc4c5ccccc5n(-c5ccccc5)c4cc32)cc1-c1cc(C#N)ccc1-n1c2ccccc2c2cc3c4ccccc4n(-c4ccccc4)c3cc21. The number of para-hydroxylation sites is 6.